The van der Waals surface area contributed by atoms with Crippen molar-refractivity contribution in [2.24, 2.45) is 0 Å². The Labute approximate surface area is 164 Å². The summed E-state index contributed by atoms with van der Waals surface area (Å²) in [6.07, 6.45) is 0. The Hall–Kier alpha value is -2.22. The van der Waals surface area contributed by atoms with Gasteiger partial charge < -0.3 is 14.5 Å². The predicted octanol–water partition coefficient (Wildman–Crippen LogP) is 2.55. The number of aromatic nitrogens is 3. The topological polar surface area (TPSA) is 74.3 Å². The number of methoxy groups -OCH3 is 1. The summed E-state index contributed by atoms with van der Waals surface area (Å²) in [5, 5.41) is 7.79. The van der Waals surface area contributed by atoms with Crippen LogP contribution in [0.2, 0.25) is 0 Å². The second-order valence-electron chi connectivity index (χ2n) is 7.57. The van der Waals surface area contributed by atoms with Gasteiger partial charge in [-0.3, -0.25) is 9.89 Å². The molecular formula is C19H27N5O2S. The van der Waals surface area contributed by atoms with Gasteiger partial charge in [0.25, 0.3) is 0 Å². The minimum absolute atomic E-state index is 0.0758. The van der Waals surface area contributed by atoms with E-state index in [0.717, 1.165) is 43.4 Å². The molecule has 8 heteroatoms. The standard InChI is InChI=1S/C19H27N5O2S/c1-19(2,3)17-20-18(22-21-17)27-13-16(25)24-11-9-23(10-12-24)14-5-7-15(26-4)8-6-14/h5-8H,9-13H2,1-4H3,(H,20,21,22). The van der Waals surface area contributed by atoms with E-state index in [1.54, 1.807) is 7.11 Å². The normalized spacial score (nSPS) is 15.1. The smallest absolute Gasteiger partial charge is 0.233 e. The molecule has 2 aromatic rings. The molecule has 1 aromatic carbocycles. The minimum atomic E-state index is -0.0758. The van der Waals surface area contributed by atoms with Gasteiger partial charge in [-0.25, -0.2) is 4.98 Å². The molecule has 0 aliphatic carbocycles. The van der Waals surface area contributed by atoms with E-state index in [9.17, 15) is 4.79 Å². The largest absolute Gasteiger partial charge is 0.497 e. The van der Waals surface area contributed by atoms with Crippen LogP contribution in [0.15, 0.2) is 29.4 Å². The van der Waals surface area contributed by atoms with Crippen molar-refractivity contribution in [3.05, 3.63) is 30.1 Å². The number of hydrogen-bond donors (Lipinski definition) is 1. The minimum Gasteiger partial charge on any atom is -0.497 e. The summed E-state index contributed by atoms with van der Waals surface area (Å²) in [6.45, 7) is 9.36. The molecule has 27 heavy (non-hydrogen) atoms. The number of ether oxygens (including phenoxy) is 1. The second kappa shape index (κ2) is 8.21. The van der Waals surface area contributed by atoms with Crippen LogP contribution in [0.25, 0.3) is 0 Å². The van der Waals surface area contributed by atoms with Gasteiger partial charge >= 0.3 is 0 Å². The number of benzene rings is 1. The fourth-order valence-electron chi connectivity index (χ4n) is 2.87. The van der Waals surface area contributed by atoms with Gasteiger partial charge in [-0.15, -0.1) is 5.10 Å². The highest BCUT2D eigenvalue weighted by Crippen LogP contribution is 2.23. The van der Waals surface area contributed by atoms with E-state index in [1.165, 1.54) is 11.8 Å². The molecule has 1 aliphatic rings. The van der Waals surface area contributed by atoms with Crippen molar-refractivity contribution in [3.63, 3.8) is 0 Å². The first-order valence-electron chi connectivity index (χ1n) is 9.09. The molecule has 0 spiro atoms. The average molecular weight is 390 g/mol. The lowest BCUT2D eigenvalue weighted by Gasteiger charge is -2.36. The Morgan fingerprint density at radius 1 is 1.19 bits per heavy atom. The van der Waals surface area contributed by atoms with Crippen molar-refractivity contribution in [2.45, 2.75) is 31.3 Å². The molecule has 1 amide bonds. The van der Waals surface area contributed by atoms with Crippen LogP contribution >= 0.6 is 11.8 Å². The van der Waals surface area contributed by atoms with Crippen LogP contribution in [-0.2, 0) is 10.2 Å². The SMILES string of the molecule is COc1ccc(N2CCN(C(=O)CSc3n[nH]c(C(C)(C)C)n3)CC2)cc1. The Morgan fingerprint density at radius 3 is 2.41 bits per heavy atom. The fraction of sp³-hybridized carbons (Fsp3) is 0.526. The highest BCUT2D eigenvalue weighted by Gasteiger charge is 2.23. The maximum Gasteiger partial charge on any atom is 0.233 e. The molecule has 3 rings (SSSR count). The summed E-state index contributed by atoms with van der Waals surface area (Å²) in [6, 6.07) is 8.04. The first-order chi connectivity index (χ1) is 12.9. The molecule has 1 aromatic heterocycles. The fourth-order valence-corrected chi connectivity index (χ4v) is 3.57. The van der Waals surface area contributed by atoms with Crippen molar-refractivity contribution in [1.29, 1.82) is 0 Å². The number of carbonyl (C=O) groups is 1. The monoisotopic (exact) mass is 389 g/mol. The van der Waals surface area contributed by atoms with Crippen LogP contribution < -0.4 is 9.64 Å². The summed E-state index contributed by atoms with van der Waals surface area (Å²) in [5.41, 5.74) is 1.08. The first kappa shape index (κ1) is 19.5. The molecule has 7 nitrogen and oxygen atoms in total. The van der Waals surface area contributed by atoms with Gasteiger partial charge in [0.1, 0.15) is 11.6 Å². The Balaban J connectivity index is 1.47. The second-order valence-corrected chi connectivity index (χ2v) is 8.51. The number of piperazine rings is 1. The molecule has 0 unspecified atom stereocenters. The number of thioether (sulfide) groups is 1. The van der Waals surface area contributed by atoms with Gasteiger partial charge in [0.15, 0.2) is 0 Å². The van der Waals surface area contributed by atoms with Crippen LogP contribution in [0, 0.1) is 0 Å². The zero-order chi connectivity index (χ0) is 19.4. The van der Waals surface area contributed by atoms with Crippen LogP contribution in [0.4, 0.5) is 5.69 Å². The van der Waals surface area contributed by atoms with E-state index >= 15 is 0 Å². The molecule has 146 valence electrons. The number of aromatic amines is 1. The highest BCUT2D eigenvalue weighted by atomic mass is 32.2. The molecule has 0 atom stereocenters. The summed E-state index contributed by atoms with van der Waals surface area (Å²) in [7, 11) is 1.67. The maximum atomic E-state index is 12.5. The van der Waals surface area contributed by atoms with Crippen molar-refractivity contribution in [2.75, 3.05) is 43.9 Å². The Kier molecular flexibility index (Phi) is 5.94. The molecular weight excluding hydrogens is 362 g/mol. The number of nitrogens with one attached hydrogen (secondary N) is 1. The summed E-state index contributed by atoms with van der Waals surface area (Å²) in [4.78, 5) is 21.2. The van der Waals surface area contributed by atoms with E-state index in [-0.39, 0.29) is 11.3 Å². The third kappa shape index (κ3) is 4.94. The zero-order valence-corrected chi connectivity index (χ0v) is 17.2. The molecule has 0 bridgehead atoms. The summed E-state index contributed by atoms with van der Waals surface area (Å²) >= 11 is 1.39. The first-order valence-corrected chi connectivity index (χ1v) is 10.1. The molecule has 0 radical (unpaired) electrons. The maximum absolute atomic E-state index is 12.5. The zero-order valence-electron chi connectivity index (χ0n) is 16.4. The molecule has 2 heterocycles. The molecule has 1 fully saturated rings. The predicted molar refractivity (Wildman–Crippen MR) is 108 cm³/mol. The molecule has 1 aliphatic heterocycles. The van der Waals surface area contributed by atoms with Crippen molar-refractivity contribution in [1.82, 2.24) is 20.1 Å². The van der Waals surface area contributed by atoms with Gasteiger partial charge in [-0.2, -0.15) is 0 Å². The summed E-state index contributed by atoms with van der Waals surface area (Å²) in [5.74, 6) is 2.19. The third-order valence-corrected chi connectivity index (χ3v) is 5.40. The van der Waals surface area contributed by atoms with Crippen molar-refractivity contribution >= 4 is 23.4 Å². The van der Waals surface area contributed by atoms with Crippen molar-refractivity contribution < 1.29 is 9.53 Å². The van der Waals surface area contributed by atoms with E-state index in [1.807, 2.05) is 17.0 Å². The summed E-state index contributed by atoms with van der Waals surface area (Å²) < 4.78 is 5.20. The van der Waals surface area contributed by atoms with Crippen LogP contribution in [0.5, 0.6) is 5.75 Å². The van der Waals surface area contributed by atoms with Gasteiger partial charge in [0.05, 0.1) is 12.9 Å². The third-order valence-electron chi connectivity index (χ3n) is 4.57. The molecule has 0 saturated carbocycles. The Bertz CT molecular complexity index is 761. The number of carbonyl (C=O) groups excluding carboxylic acids is 1. The van der Waals surface area contributed by atoms with Crippen molar-refractivity contribution in [3.8, 4) is 5.75 Å². The Morgan fingerprint density at radius 2 is 1.85 bits per heavy atom. The van der Waals surface area contributed by atoms with Gasteiger partial charge in [0.2, 0.25) is 11.1 Å². The van der Waals surface area contributed by atoms with Crippen LogP contribution in [0.3, 0.4) is 0 Å². The number of H-pyrrole nitrogens is 1. The van der Waals surface area contributed by atoms with E-state index in [4.69, 9.17) is 4.74 Å². The van der Waals surface area contributed by atoms with Gasteiger partial charge in [-0.1, -0.05) is 32.5 Å². The quantitative estimate of drug-likeness (QED) is 0.792. The number of rotatable bonds is 5. The van der Waals surface area contributed by atoms with E-state index < -0.39 is 0 Å². The lowest BCUT2D eigenvalue weighted by atomic mass is 9.96. The lowest BCUT2D eigenvalue weighted by Crippen LogP contribution is -2.49. The van der Waals surface area contributed by atoms with Crippen LogP contribution in [-0.4, -0.2) is 65.0 Å². The van der Waals surface area contributed by atoms with E-state index in [2.05, 4.69) is 53.0 Å². The average Bonchev–Trinajstić information content (AvgIpc) is 3.16. The van der Waals surface area contributed by atoms with Gasteiger partial charge in [-0.05, 0) is 24.3 Å². The number of nitrogens with zero attached hydrogens (tertiary/aromatic N) is 4. The lowest BCUT2D eigenvalue weighted by molar-refractivity contribution is -0.128. The molecule has 1 N–H and O–H groups in total. The number of anilines is 1. The van der Waals surface area contributed by atoms with Gasteiger partial charge in [0, 0.05) is 37.3 Å². The van der Waals surface area contributed by atoms with Crippen LogP contribution in [0.1, 0.15) is 26.6 Å². The van der Waals surface area contributed by atoms with E-state index in [0.29, 0.717) is 10.9 Å². The number of amides is 1. The highest BCUT2D eigenvalue weighted by molar-refractivity contribution is 7.99. The number of hydrogen-bond acceptors (Lipinski definition) is 6. The molecule has 1 saturated heterocycles.